The Balaban J connectivity index is 2.16. The van der Waals surface area contributed by atoms with Crippen LogP contribution >= 0.6 is 0 Å². The molecule has 0 fully saturated rings. The number of alkyl halides is 1. The van der Waals surface area contributed by atoms with Gasteiger partial charge in [0.15, 0.2) is 0 Å². The second-order valence-corrected chi connectivity index (χ2v) is 4.83. The normalized spacial score (nSPS) is 11.3. The van der Waals surface area contributed by atoms with Gasteiger partial charge in [-0.3, -0.25) is 4.40 Å². The van der Waals surface area contributed by atoms with Crippen molar-refractivity contribution >= 4 is 22.4 Å². The van der Waals surface area contributed by atoms with E-state index in [0.29, 0.717) is 6.54 Å². The molecule has 19 heavy (non-hydrogen) atoms. The minimum Gasteiger partial charge on any atom is -0.372 e. The molecule has 0 amide bonds. The summed E-state index contributed by atoms with van der Waals surface area (Å²) in [6.07, 6.45) is 1.99. The van der Waals surface area contributed by atoms with Crippen LogP contribution in [0.4, 0.5) is 10.1 Å². The smallest absolute Gasteiger partial charge is 0.139 e. The van der Waals surface area contributed by atoms with Crippen molar-refractivity contribution in [1.82, 2.24) is 9.38 Å². The number of imidazole rings is 1. The Kier molecular flexibility index (Phi) is 2.85. The van der Waals surface area contributed by atoms with Crippen LogP contribution in [0.15, 0.2) is 36.5 Å². The molecule has 2 aromatic heterocycles. The standard InChI is InChI=1S/C15H16FN3/c1-11-3-4-13-14(9-11)19-7-5-12(10-15(19)17-13)18(2)8-6-16/h3-5,7,9-10H,6,8H2,1-2H3/i16-1. The molecule has 4 heteroatoms. The molecule has 3 nitrogen and oxygen atoms in total. The van der Waals surface area contributed by atoms with Gasteiger partial charge in [-0.25, -0.2) is 9.37 Å². The highest BCUT2D eigenvalue weighted by molar-refractivity contribution is 5.82. The minimum atomic E-state index is -0.350. The molecule has 0 unspecified atom stereocenters. The van der Waals surface area contributed by atoms with Crippen molar-refractivity contribution in [2.75, 3.05) is 25.2 Å². The molecule has 0 atom stereocenters. The second kappa shape index (κ2) is 4.53. The number of fused-ring (bicyclic) bond motifs is 3. The van der Waals surface area contributed by atoms with Crippen molar-refractivity contribution in [2.24, 2.45) is 0 Å². The van der Waals surface area contributed by atoms with E-state index in [1.807, 2.05) is 36.3 Å². The first-order chi connectivity index (χ1) is 9.19. The Bertz CT molecular complexity index is 733. The molecule has 0 saturated heterocycles. The molecule has 2 heterocycles. The van der Waals surface area contributed by atoms with Crippen LogP contribution in [0.25, 0.3) is 16.7 Å². The lowest BCUT2D eigenvalue weighted by atomic mass is 10.2. The molecule has 0 N–H and O–H groups in total. The highest BCUT2D eigenvalue weighted by Crippen LogP contribution is 2.21. The van der Waals surface area contributed by atoms with Crippen LogP contribution in [0.5, 0.6) is 0 Å². The summed E-state index contributed by atoms with van der Waals surface area (Å²) in [6, 6.07) is 10.2. The molecule has 0 radical (unpaired) electrons. The fraction of sp³-hybridized carbons (Fsp3) is 0.267. The monoisotopic (exact) mass is 256 g/mol. The largest absolute Gasteiger partial charge is 0.372 e. The number of hydrogen-bond donors (Lipinski definition) is 0. The summed E-state index contributed by atoms with van der Waals surface area (Å²) in [5.74, 6) is 0. The van der Waals surface area contributed by atoms with Crippen molar-refractivity contribution in [3.05, 3.63) is 42.1 Å². The van der Waals surface area contributed by atoms with E-state index in [1.165, 1.54) is 5.56 Å². The van der Waals surface area contributed by atoms with E-state index >= 15 is 0 Å². The molecular formula is C15H16FN3. The molecule has 0 spiro atoms. The predicted octanol–water partition coefficient (Wildman–Crippen LogP) is 3.20. The molecule has 1 aromatic carbocycles. The minimum absolute atomic E-state index is 0.350. The number of halogens is 1. The SMILES string of the molecule is Cc1ccc2nc3cc(N(C)CC[18F])ccn3c2c1. The zero-order chi connectivity index (χ0) is 13.4. The van der Waals surface area contributed by atoms with Crippen molar-refractivity contribution in [3.63, 3.8) is 0 Å². The maximum atomic E-state index is 12.4. The number of aryl methyl sites for hydroxylation is 1. The first kappa shape index (κ1) is 12.0. The van der Waals surface area contributed by atoms with Crippen molar-refractivity contribution < 1.29 is 4.39 Å². The summed E-state index contributed by atoms with van der Waals surface area (Å²) >= 11 is 0. The zero-order valence-electron chi connectivity index (χ0n) is 11.1. The molecule has 3 aromatic rings. The maximum Gasteiger partial charge on any atom is 0.139 e. The summed E-state index contributed by atoms with van der Waals surface area (Å²) in [4.78, 5) is 6.50. The van der Waals surface area contributed by atoms with E-state index in [1.54, 1.807) is 0 Å². The molecule has 0 saturated carbocycles. The van der Waals surface area contributed by atoms with Gasteiger partial charge >= 0.3 is 0 Å². The summed E-state index contributed by atoms with van der Waals surface area (Å²) in [7, 11) is 1.89. The van der Waals surface area contributed by atoms with Gasteiger partial charge in [0.1, 0.15) is 12.3 Å². The van der Waals surface area contributed by atoms with E-state index in [2.05, 4.69) is 28.4 Å². The predicted molar refractivity (Wildman–Crippen MR) is 76.7 cm³/mol. The number of hydrogen-bond acceptors (Lipinski definition) is 2. The Morgan fingerprint density at radius 3 is 2.89 bits per heavy atom. The summed E-state index contributed by atoms with van der Waals surface area (Å²) in [5.41, 5.74) is 5.18. The van der Waals surface area contributed by atoms with Crippen LogP contribution in [0, 0.1) is 6.92 Å². The zero-order valence-corrected chi connectivity index (χ0v) is 11.1. The quantitative estimate of drug-likeness (QED) is 0.717. The van der Waals surface area contributed by atoms with E-state index in [9.17, 15) is 4.39 Å². The number of anilines is 1. The average Bonchev–Trinajstić information content (AvgIpc) is 2.76. The third kappa shape index (κ3) is 2.03. The number of benzene rings is 1. The van der Waals surface area contributed by atoms with E-state index < -0.39 is 0 Å². The van der Waals surface area contributed by atoms with Gasteiger partial charge in [-0.15, -0.1) is 0 Å². The number of aromatic nitrogens is 2. The fourth-order valence-corrected chi connectivity index (χ4v) is 2.30. The number of rotatable bonds is 3. The topological polar surface area (TPSA) is 20.5 Å². The van der Waals surface area contributed by atoms with Gasteiger partial charge in [0.25, 0.3) is 0 Å². The Hall–Kier alpha value is -2.10. The summed E-state index contributed by atoms with van der Waals surface area (Å²) in [5, 5.41) is 0. The van der Waals surface area contributed by atoms with Crippen LogP contribution in [0.2, 0.25) is 0 Å². The van der Waals surface area contributed by atoms with Gasteiger partial charge in [0.05, 0.1) is 11.0 Å². The highest BCUT2D eigenvalue weighted by atomic mass is 18.2. The van der Waals surface area contributed by atoms with Gasteiger partial charge in [-0.1, -0.05) is 6.07 Å². The van der Waals surface area contributed by atoms with Crippen molar-refractivity contribution in [3.8, 4) is 0 Å². The molecule has 3 rings (SSSR count). The van der Waals surface area contributed by atoms with Gasteiger partial charge < -0.3 is 4.90 Å². The van der Waals surface area contributed by atoms with Gasteiger partial charge in [0.2, 0.25) is 0 Å². The van der Waals surface area contributed by atoms with Crippen molar-refractivity contribution in [1.29, 1.82) is 0 Å². The van der Waals surface area contributed by atoms with E-state index in [0.717, 1.165) is 22.4 Å². The lowest BCUT2D eigenvalue weighted by Crippen LogP contribution is -2.19. The Morgan fingerprint density at radius 1 is 1.26 bits per heavy atom. The third-order valence-electron chi connectivity index (χ3n) is 3.40. The van der Waals surface area contributed by atoms with Crippen LogP contribution in [0.3, 0.4) is 0 Å². The van der Waals surface area contributed by atoms with Crippen LogP contribution in [-0.4, -0.2) is 29.7 Å². The molecule has 0 aliphatic heterocycles. The van der Waals surface area contributed by atoms with E-state index in [4.69, 9.17) is 0 Å². The maximum absolute atomic E-state index is 12.4. The summed E-state index contributed by atoms with van der Waals surface area (Å²) < 4.78 is 14.5. The molecule has 0 aliphatic rings. The number of nitrogens with zero attached hydrogens (tertiary/aromatic N) is 3. The van der Waals surface area contributed by atoms with E-state index in [-0.39, 0.29) is 6.67 Å². The van der Waals surface area contributed by atoms with Gasteiger partial charge in [-0.2, -0.15) is 0 Å². The molecule has 0 aliphatic carbocycles. The first-order valence-electron chi connectivity index (χ1n) is 6.34. The molecule has 0 bridgehead atoms. The Morgan fingerprint density at radius 2 is 2.11 bits per heavy atom. The van der Waals surface area contributed by atoms with Gasteiger partial charge in [0, 0.05) is 31.5 Å². The van der Waals surface area contributed by atoms with Crippen LogP contribution in [-0.2, 0) is 0 Å². The lowest BCUT2D eigenvalue weighted by Gasteiger charge is -2.17. The lowest BCUT2D eigenvalue weighted by molar-refractivity contribution is 0.497. The average molecular weight is 256 g/mol. The first-order valence-corrected chi connectivity index (χ1v) is 6.34. The van der Waals surface area contributed by atoms with Crippen molar-refractivity contribution in [2.45, 2.75) is 6.92 Å². The van der Waals surface area contributed by atoms with Gasteiger partial charge in [-0.05, 0) is 30.7 Å². The second-order valence-electron chi connectivity index (χ2n) is 4.83. The molecule has 98 valence electrons. The number of pyridine rings is 1. The van der Waals surface area contributed by atoms with Crippen LogP contribution in [0.1, 0.15) is 5.56 Å². The van der Waals surface area contributed by atoms with Crippen LogP contribution < -0.4 is 4.90 Å². The fourth-order valence-electron chi connectivity index (χ4n) is 2.30. The summed E-state index contributed by atoms with van der Waals surface area (Å²) in [6.45, 7) is 2.12. The molecular weight excluding hydrogens is 240 g/mol. The highest BCUT2D eigenvalue weighted by Gasteiger charge is 2.07. The Labute approximate surface area is 111 Å². The third-order valence-corrected chi connectivity index (χ3v) is 3.40.